The van der Waals surface area contributed by atoms with E-state index in [0.717, 1.165) is 6.07 Å². The zero-order valence-corrected chi connectivity index (χ0v) is 16.6. The average Bonchev–Trinajstić information content (AvgIpc) is 3.38. The molecule has 1 spiro atoms. The molecule has 3 fully saturated rings. The number of rotatable bonds is 2. The molecule has 0 N–H and O–H groups in total. The fraction of sp³-hybridized carbons (Fsp3) is 0.476. The summed E-state index contributed by atoms with van der Waals surface area (Å²) in [4.78, 5) is 29.4. The molecular weight excluding hydrogens is 394 g/mol. The van der Waals surface area contributed by atoms with Crippen LogP contribution in [0.15, 0.2) is 30.6 Å². The number of fused-ring (bicyclic) bond motifs is 1. The monoisotopic (exact) mass is 416 g/mol. The number of nitrogens with zero attached hydrogens (tertiary/aromatic N) is 4. The highest BCUT2D eigenvalue weighted by Crippen LogP contribution is 2.47. The van der Waals surface area contributed by atoms with Gasteiger partial charge in [-0.15, -0.1) is 0 Å². The Hall–Kier alpha value is -2.81. The van der Waals surface area contributed by atoms with Crippen LogP contribution in [0.25, 0.3) is 0 Å². The summed E-state index contributed by atoms with van der Waals surface area (Å²) in [5, 5.41) is 4.03. The Morgan fingerprint density at radius 2 is 1.87 bits per heavy atom. The van der Waals surface area contributed by atoms with Crippen LogP contribution in [-0.4, -0.2) is 56.3 Å². The van der Waals surface area contributed by atoms with E-state index in [9.17, 15) is 18.4 Å². The standard InChI is InChI=1S/C21H22F2N4O3/c1-25-12-14(11-24-25)19(28)26-6-4-21(5-7-26)20(29)27-17(2-3-18(27)30-21)13-8-15(22)10-16(23)9-13/h8-12,17-18H,2-7H2,1H3/t17-,18+/m0/s1. The fourth-order valence-corrected chi connectivity index (χ4v) is 4.93. The van der Waals surface area contributed by atoms with Gasteiger partial charge in [-0.3, -0.25) is 14.3 Å². The van der Waals surface area contributed by atoms with Gasteiger partial charge in [0.05, 0.1) is 17.8 Å². The van der Waals surface area contributed by atoms with E-state index in [1.165, 1.54) is 18.3 Å². The quantitative estimate of drug-likeness (QED) is 0.754. The van der Waals surface area contributed by atoms with Crippen molar-refractivity contribution in [2.45, 2.75) is 43.6 Å². The molecule has 4 heterocycles. The Balaban J connectivity index is 1.32. The van der Waals surface area contributed by atoms with E-state index in [1.807, 2.05) is 0 Å². The number of ether oxygens (including phenoxy) is 1. The summed E-state index contributed by atoms with van der Waals surface area (Å²) >= 11 is 0. The van der Waals surface area contributed by atoms with E-state index in [1.54, 1.807) is 27.7 Å². The molecule has 2 amide bonds. The smallest absolute Gasteiger partial charge is 0.257 e. The normalized spacial score (nSPS) is 25.2. The molecule has 0 saturated carbocycles. The van der Waals surface area contributed by atoms with Gasteiger partial charge in [-0.2, -0.15) is 5.10 Å². The van der Waals surface area contributed by atoms with Crippen LogP contribution in [0.2, 0.25) is 0 Å². The first-order chi connectivity index (χ1) is 14.4. The van der Waals surface area contributed by atoms with Gasteiger partial charge in [0.1, 0.15) is 17.9 Å². The molecule has 0 aliphatic carbocycles. The first kappa shape index (κ1) is 19.2. The first-order valence-corrected chi connectivity index (χ1v) is 10.1. The third kappa shape index (κ3) is 2.99. The number of aryl methyl sites for hydroxylation is 1. The van der Waals surface area contributed by atoms with E-state index in [0.29, 0.717) is 49.9 Å². The zero-order chi connectivity index (χ0) is 21.0. The maximum Gasteiger partial charge on any atom is 0.257 e. The highest BCUT2D eigenvalue weighted by atomic mass is 19.1. The van der Waals surface area contributed by atoms with Crippen molar-refractivity contribution in [3.63, 3.8) is 0 Å². The van der Waals surface area contributed by atoms with Crippen LogP contribution < -0.4 is 0 Å². The van der Waals surface area contributed by atoms with Crippen LogP contribution in [0.4, 0.5) is 8.78 Å². The number of benzene rings is 1. The summed E-state index contributed by atoms with van der Waals surface area (Å²) in [6.45, 7) is 0.804. The Labute approximate surface area is 172 Å². The van der Waals surface area contributed by atoms with Crippen molar-refractivity contribution in [3.8, 4) is 0 Å². The number of halogens is 2. The SMILES string of the molecule is Cn1cc(C(=O)N2CCC3(CC2)O[C@@H]2CC[C@@H](c4cc(F)cc(F)c4)N2C3=O)cn1. The maximum atomic E-state index is 13.7. The largest absolute Gasteiger partial charge is 0.342 e. The molecule has 3 aliphatic rings. The second-order valence-electron chi connectivity index (χ2n) is 8.27. The van der Waals surface area contributed by atoms with Gasteiger partial charge < -0.3 is 14.5 Å². The summed E-state index contributed by atoms with van der Waals surface area (Å²) in [5.41, 5.74) is -0.00453. The fourth-order valence-electron chi connectivity index (χ4n) is 4.93. The zero-order valence-electron chi connectivity index (χ0n) is 16.6. The van der Waals surface area contributed by atoms with E-state index < -0.39 is 29.5 Å². The molecule has 9 heteroatoms. The van der Waals surface area contributed by atoms with E-state index in [2.05, 4.69) is 5.10 Å². The van der Waals surface area contributed by atoms with Crippen molar-refractivity contribution in [3.05, 3.63) is 53.4 Å². The van der Waals surface area contributed by atoms with Gasteiger partial charge in [0.15, 0.2) is 5.60 Å². The van der Waals surface area contributed by atoms with E-state index in [-0.39, 0.29) is 11.8 Å². The Kier molecular flexibility index (Phi) is 4.39. The lowest BCUT2D eigenvalue weighted by Crippen LogP contribution is -2.51. The molecule has 0 radical (unpaired) electrons. The summed E-state index contributed by atoms with van der Waals surface area (Å²) in [7, 11) is 1.75. The summed E-state index contributed by atoms with van der Waals surface area (Å²) in [5.74, 6) is -1.57. The third-order valence-electron chi connectivity index (χ3n) is 6.40. The number of likely N-dealkylation sites (tertiary alicyclic amines) is 1. The van der Waals surface area contributed by atoms with Crippen molar-refractivity contribution in [2.75, 3.05) is 13.1 Å². The number of hydrogen-bond acceptors (Lipinski definition) is 4. The van der Waals surface area contributed by atoms with Crippen LogP contribution in [0.3, 0.4) is 0 Å². The predicted molar refractivity (Wildman–Crippen MR) is 101 cm³/mol. The number of carbonyl (C=O) groups excluding carboxylic acids is 2. The van der Waals surface area contributed by atoms with E-state index in [4.69, 9.17) is 4.74 Å². The van der Waals surface area contributed by atoms with Crippen molar-refractivity contribution in [1.82, 2.24) is 19.6 Å². The Bertz CT molecular complexity index is 995. The van der Waals surface area contributed by atoms with Crippen LogP contribution in [-0.2, 0) is 16.6 Å². The molecule has 2 aromatic rings. The summed E-state index contributed by atoms with van der Waals surface area (Å²) < 4.78 is 35.2. The number of aromatic nitrogens is 2. The lowest BCUT2D eigenvalue weighted by Gasteiger charge is -2.37. The van der Waals surface area contributed by atoms with Gasteiger partial charge in [-0.05, 0) is 30.5 Å². The molecule has 3 aliphatic heterocycles. The number of hydrogen-bond donors (Lipinski definition) is 0. The molecule has 1 aromatic carbocycles. The molecule has 7 nitrogen and oxygen atoms in total. The van der Waals surface area contributed by atoms with Crippen molar-refractivity contribution in [1.29, 1.82) is 0 Å². The Morgan fingerprint density at radius 1 is 1.17 bits per heavy atom. The third-order valence-corrected chi connectivity index (χ3v) is 6.40. The molecular formula is C21H22F2N4O3. The van der Waals surface area contributed by atoms with Gasteiger partial charge in [0.2, 0.25) is 0 Å². The molecule has 5 rings (SSSR count). The van der Waals surface area contributed by atoms with Crippen molar-refractivity contribution >= 4 is 11.8 Å². The number of piperidine rings is 1. The topological polar surface area (TPSA) is 67.7 Å². The second kappa shape index (κ2) is 6.87. The summed E-state index contributed by atoms with van der Waals surface area (Å²) in [6.07, 6.45) is 4.82. The molecule has 3 saturated heterocycles. The maximum absolute atomic E-state index is 13.7. The van der Waals surface area contributed by atoms with Crippen LogP contribution in [0.1, 0.15) is 47.6 Å². The minimum Gasteiger partial charge on any atom is -0.342 e. The molecule has 0 unspecified atom stereocenters. The molecule has 2 atom stereocenters. The lowest BCUT2D eigenvalue weighted by molar-refractivity contribution is -0.142. The lowest BCUT2D eigenvalue weighted by atomic mass is 9.89. The van der Waals surface area contributed by atoms with Gasteiger partial charge in [0.25, 0.3) is 11.8 Å². The van der Waals surface area contributed by atoms with Gasteiger partial charge in [0, 0.05) is 45.2 Å². The van der Waals surface area contributed by atoms with Gasteiger partial charge >= 0.3 is 0 Å². The van der Waals surface area contributed by atoms with E-state index >= 15 is 0 Å². The summed E-state index contributed by atoms with van der Waals surface area (Å²) in [6, 6.07) is 2.99. The minimum atomic E-state index is -0.971. The number of amides is 2. The molecule has 1 aromatic heterocycles. The van der Waals surface area contributed by atoms with Crippen molar-refractivity contribution < 1.29 is 23.1 Å². The van der Waals surface area contributed by atoms with Crippen LogP contribution >= 0.6 is 0 Å². The van der Waals surface area contributed by atoms with Crippen molar-refractivity contribution in [2.24, 2.45) is 7.05 Å². The first-order valence-electron chi connectivity index (χ1n) is 10.1. The predicted octanol–water partition coefficient (Wildman–Crippen LogP) is 2.39. The highest BCUT2D eigenvalue weighted by molar-refractivity contribution is 5.94. The minimum absolute atomic E-state index is 0.114. The highest BCUT2D eigenvalue weighted by Gasteiger charge is 2.58. The van der Waals surface area contributed by atoms with Crippen LogP contribution in [0.5, 0.6) is 0 Å². The second-order valence-corrected chi connectivity index (χ2v) is 8.27. The molecule has 30 heavy (non-hydrogen) atoms. The molecule has 0 bridgehead atoms. The Morgan fingerprint density at radius 3 is 2.50 bits per heavy atom. The molecule has 158 valence electrons. The van der Waals surface area contributed by atoms with Crippen LogP contribution in [0, 0.1) is 11.6 Å². The van der Waals surface area contributed by atoms with Gasteiger partial charge in [-0.1, -0.05) is 0 Å². The number of carbonyl (C=O) groups is 2. The van der Waals surface area contributed by atoms with Gasteiger partial charge in [-0.25, -0.2) is 8.78 Å². The average molecular weight is 416 g/mol.